The molecule has 92 valence electrons. The molecule has 1 saturated heterocycles. The molecule has 0 radical (unpaired) electrons. The number of nitrogens with one attached hydrogen (secondary N) is 1. The molecular weight excluding hydrogens is 220 g/mol. The Morgan fingerprint density at radius 3 is 2.88 bits per heavy atom. The SMILES string of the molecule is Nc1cccc(NC(=O)OC2CCOCC2)c1. The smallest absolute Gasteiger partial charge is 0.411 e. The minimum atomic E-state index is -0.442. The fourth-order valence-corrected chi connectivity index (χ4v) is 1.71. The molecule has 5 heteroatoms. The van der Waals surface area contributed by atoms with Gasteiger partial charge in [-0.15, -0.1) is 0 Å². The molecule has 1 fully saturated rings. The summed E-state index contributed by atoms with van der Waals surface area (Å²) in [7, 11) is 0. The molecule has 1 aromatic rings. The molecule has 0 aliphatic carbocycles. The quantitative estimate of drug-likeness (QED) is 0.770. The Morgan fingerprint density at radius 2 is 2.18 bits per heavy atom. The number of rotatable bonds is 2. The van der Waals surface area contributed by atoms with Crippen LogP contribution >= 0.6 is 0 Å². The summed E-state index contributed by atoms with van der Waals surface area (Å²) in [5.74, 6) is 0. The van der Waals surface area contributed by atoms with E-state index in [1.807, 2.05) is 0 Å². The number of benzene rings is 1. The van der Waals surface area contributed by atoms with Crippen molar-refractivity contribution in [3.63, 3.8) is 0 Å². The third-order valence-corrected chi connectivity index (χ3v) is 2.58. The average molecular weight is 236 g/mol. The van der Waals surface area contributed by atoms with E-state index in [0.717, 1.165) is 12.8 Å². The third-order valence-electron chi connectivity index (χ3n) is 2.58. The van der Waals surface area contributed by atoms with Gasteiger partial charge in [-0.25, -0.2) is 4.79 Å². The first kappa shape index (κ1) is 11.7. The largest absolute Gasteiger partial charge is 0.446 e. The molecular formula is C12H16N2O3. The number of nitrogen functional groups attached to an aromatic ring is 1. The summed E-state index contributed by atoms with van der Waals surface area (Å²) in [6.07, 6.45) is 1.02. The van der Waals surface area contributed by atoms with Crippen LogP contribution in [0.4, 0.5) is 16.2 Å². The maximum absolute atomic E-state index is 11.6. The van der Waals surface area contributed by atoms with Crippen molar-refractivity contribution in [3.05, 3.63) is 24.3 Å². The highest BCUT2D eigenvalue weighted by Gasteiger charge is 2.17. The van der Waals surface area contributed by atoms with Crippen LogP contribution in [0.5, 0.6) is 0 Å². The Bertz CT molecular complexity index is 389. The molecule has 0 spiro atoms. The molecule has 1 aliphatic rings. The first-order valence-corrected chi connectivity index (χ1v) is 5.65. The van der Waals surface area contributed by atoms with Gasteiger partial charge in [-0.2, -0.15) is 0 Å². The summed E-state index contributed by atoms with van der Waals surface area (Å²) in [6, 6.07) is 6.99. The van der Waals surface area contributed by atoms with Crippen molar-refractivity contribution in [3.8, 4) is 0 Å². The van der Waals surface area contributed by atoms with Gasteiger partial charge in [0, 0.05) is 24.2 Å². The van der Waals surface area contributed by atoms with Gasteiger partial charge in [0.15, 0.2) is 0 Å². The highest BCUT2D eigenvalue weighted by molar-refractivity contribution is 5.85. The minimum absolute atomic E-state index is 0.0511. The predicted octanol–water partition coefficient (Wildman–Crippen LogP) is 2.00. The minimum Gasteiger partial charge on any atom is -0.446 e. The molecule has 5 nitrogen and oxygen atoms in total. The van der Waals surface area contributed by atoms with E-state index in [9.17, 15) is 4.79 Å². The van der Waals surface area contributed by atoms with E-state index in [-0.39, 0.29) is 6.10 Å². The Morgan fingerprint density at radius 1 is 1.41 bits per heavy atom. The van der Waals surface area contributed by atoms with Crippen molar-refractivity contribution in [2.45, 2.75) is 18.9 Å². The molecule has 1 amide bonds. The van der Waals surface area contributed by atoms with E-state index in [2.05, 4.69) is 5.32 Å². The summed E-state index contributed by atoms with van der Waals surface area (Å²) in [5, 5.41) is 2.65. The lowest BCUT2D eigenvalue weighted by Crippen LogP contribution is -2.28. The molecule has 0 unspecified atom stereocenters. The molecule has 1 aliphatic heterocycles. The number of anilines is 2. The second kappa shape index (κ2) is 5.54. The van der Waals surface area contributed by atoms with Crippen LogP contribution in [0.1, 0.15) is 12.8 Å². The van der Waals surface area contributed by atoms with E-state index in [1.165, 1.54) is 0 Å². The van der Waals surface area contributed by atoms with Gasteiger partial charge in [0.05, 0.1) is 13.2 Å². The molecule has 0 atom stereocenters. The first-order valence-electron chi connectivity index (χ1n) is 5.65. The van der Waals surface area contributed by atoms with Gasteiger partial charge < -0.3 is 15.2 Å². The van der Waals surface area contributed by atoms with Crippen LogP contribution < -0.4 is 11.1 Å². The molecule has 3 N–H and O–H groups in total. The Kier molecular flexibility index (Phi) is 3.82. The van der Waals surface area contributed by atoms with E-state index in [1.54, 1.807) is 24.3 Å². The van der Waals surface area contributed by atoms with E-state index in [4.69, 9.17) is 15.2 Å². The number of carbonyl (C=O) groups is 1. The predicted molar refractivity (Wildman–Crippen MR) is 64.8 cm³/mol. The molecule has 1 aromatic carbocycles. The second-order valence-electron chi connectivity index (χ2n) is 3.97. The third kappa shape index (κ3) is 3.64. The number of hydrogen-bond acceptors (Lipinski definition) is 4. The lowest BCUT2D eigenvalue weighted by Gasteiger charge is -2.22. The van der Waals surface area contributed by atoms with Gasteiger partial charge in [-0.05, 0) is 18.2 Å². The lowest BCUT2D eigenvalue weighted by molar-refractivity contribution is 0.00592. The highest BCUT2D eigenvalue weighted by atomic mass is 16.6. The van der Waals surface area contributed by atoms with Gasteiger partial charge in [0.2, 0.25) is 0 Å². The van der Waals surface area contributed by atoms with E-state index >= 15 is 0 Å². The van der Waals surface area contributed by atoms with Gasteiger partial charge in [-0.3, -0.25) is 5.32 Å². The second-order valence-corrected chi connectivity index (χ2v) is 3.97. The fraction of sp³-hybridized carbons (Fsp3) is 0.417. The maximum atomic E-state index is 11.6. The zero-order valence-corrected chi connectivity index (χ0v) is 9.52. The highest BCUT2D eigenvalue weighted by Crippen LogP contribution is 2.14. The van der Waals surface area contributed by atoms with Crippen molar-refractivity contribution in [1.29, 1.82) is 0 Å². The van der Waals surface area contributed by atoms with E-state index < -0.39 is 6.09 Å². The first-order chi connectivity index (χ1) is 8.24. The van der Waals surface area contributed by atoms with Crippen LogP contribution in [0.3, 0.4) is 0 Å². The van der Waals surface area contributed by atoms with Gasteiger partial charge >= 0.3 is 6.09 Å². The Labute approximate surface area is 99.9 Å². The average Bonchev–Trinajstić information content (AvgIpc) is 2.30. The summed E-state index contributed by atoms with van der Waals surface area (Å²) < 4.78 is 10.5. The number of nitrogens with two attached hydrogens (primary N) is 1. The summed E-state index contributed by atoms with van der Waals surface area (Å²) in [5.41, 5.74) is 6.86. The van der Waals surface area contributed by atoms with Crippen molar-refractivity contribution >= 4 is 17.5 Å². The fourth-order valence-electron chi connectivity index (χ4n) is 1.71. The number of ether oxygens (including phenoxy) is 2. The standard InChI is InChI=1S/C12H16N2O3/c13-9-2-1-3-10(8-9)14-12(15)17-11-4-6-16-7-5-11/h1-3,8,11H,4-7,13H2,(H,14,15). The van der Waals surface area contributed by atoms with Crippen LogP contribution in [0, 0.1) is 0 Å². The molecule has 1 heterocycles. The van der Waals surface area contributed by atoms with Crippen molar-refractivity contribution in [1.82, 2.24) is 0 Å². The van der Waals surface area contributed by atoms with Gasteiger partial charge in [0.25, 0.3) is 0 Å². The van der Waals surface area contributed by atoms with Crippen LogP contribution in [-0.2, 0) is 9.47 Å². The van der Waals surface area contributed by atoms with E-state index in [0.29, 0.717) is 24.6 Å². The van der Waals surface area contributed by atoms with Gasteiger partial charge in [0.1, 0.15) is 6.10 Å². The number of amides is 1. The van der Waals surface area contributed by atoms with Crippen molar-refractivity contribution in [2.75, 3.05) is 24.3 Å². The Hall–Kier alpha value is -1.75. The maximum Gasteiger partial charge on any atom is 0.411 e. The van der Waals surface area contributed by atoms with Crippen molar-refractivity contribution in [2.24, 2.45) is 0 Å². The summed E-state index contributed by atoms with van der Waals surface area (Å²) in [6.45, 7) is 1.30. The summed E-state index contributed by atoms with van der Waals surface area (Å²) >= 11 is 0. The topological polar surface area (TPSA) is 73.6 Å². The number of hydrogen-bond donors (Lipinski definition) is 2. The summed E-state index contributed by atoms with van der Waals surface area (Å²) in [4.78, 5) is 11.6. The Balaban J connectivity index is 1.84. The molecule has 0 bridgehead atoms. The zero-order valence-electron chi connectivity index (χ0n) is 9.52. The van der Waals surface area contributed by atoms with Crippen molar-refractivity contribution < 1.29 is 14.3 Å². The van der Waals surface area contributed by atoms with Crippen LogP contribution in [0.2, 0.25) is 0 Å². The van der Waals surface area contributed by atoms with Crippen LogP contribution in [0.25, 0.3) is 0 Å². The lowest BCUT2D eigenvalue weighted by atomic mass is 10.2. The number of carbonyl (C=O) groups excluding carboxylic acids is 1. The molecule has 17 heavy (non-hydrogen) atoms. The molecule has 0 aromatic heterocycles. The van der Waals surface area contributed by atoms with Crippen LogP contribution in [-0.4, -0.2) is 25.4 Å². The zero-order chi connectivity index (χ0) is 12.1. The normalized spacial score (nSPS) is 16.5. The molecule has 0 saturated carbocycles. The van der Waals surface area contributed by atoms with Crippen LogP contribution in [0.15, 0.2) is 24.3 Å². The molecule has 2 rings (SSSR count). The monoisotopic (exact) mass is 236 g/mol. The van der Waals surface area contributed by atoms with Gasteiger partial charge in [-0.1, -0.05) is 6.07 Å².